The van der Waals surface area contributed by atoms with Gasteiger partial charge in [0.15, 0.2) is 16.6 Å². The lowest BCUT2D eigenvalue weighted by molar-refractivity contribution is 0.0489. The lowest BCUT2D eigenvalue weighted by Crippen LogP contribution is -2.44. The van der Waals surface area contributed by atoms with Gasteiger partial charge in [0.2, 0.25) is 0 Å². The van der Waals surface area contributed by atoms with Gasteiger partial charge in [-0.1, -0.05) is 39.1 Å². The van der Waals surface area contributed by atoms with E-state index in [1.807, 2.05) is 0 Å². The molecule has 39 heavy (non-hydrogen) atoms. The topological polar surface area (TPSA) is 136 Å². The maximum Gasteiger partial charge on any atom is 0.339 e. The molecule has 2 aromatic carbocycles. The second-order valence-electron chi connectivity index (χ2n) is 9.80. The molecule has 2 rings (SSSR count). The first-order valence-corrected chi connectivity index (χ1v) is 18.3. The molecule has 0 saturated heterocycles. The van der Waals surface area contributed by atoms with E-state index in [2.05, 4.69) is 26.2 Å². The van der Waals surface area contributed by atoms with Crippen LogP contribution in [0.2, 0.25) is 38.3 Å². The fourth-order valence-corrected chi connectivity index (χ4v) is 12.8. The molecule has 0 fully saturated rings. The molecule has 0 aromatic heterocycles. The normalized spacial score (nSPS) is 11.0. The molecule has 0 bridgehead atoms. The number of hydrogen-bond donors (Lipinski definition) is 2. The monoisotopic (exact) mass is 578 g/mol. The third kappa shape index (κ3) is 11.6. The number of rotatable bonds is 14. The predicted molar refractivity (Wildman–Crippen MR) is 156 cm³/mol. The van der Waals surface area contributed by atoms with Gasteiger partial charge in [-0.05, 0) is 75.4 Å². The van der Waals surface area contributed by atoms with E-state index >= 15 is 0 Å². The van der Waals surface area contributed by atoms with Crippen molar-refractivity contribution < 1.29 is 43.0 Å². The largest absolute Gasteiger partial charge is 0.478 e. The van der Waals surface area contributed by atoms with Crippen LogP contribution in [0.4, 0.5) is 0 Å². The van der Waals surface area contributed by atoms with E-state index in [1.54, 1.807) is 24.3 Å². The van der Waals surface area contributed by atoms with Gasteiger partial charge in [-0.2, -0.15) is 0 Å². The van der Waals surface area contributed by atoms with Gasteiger partial charge in [0.05, 0.1) is 35.5 Å². The zero-order valence-electron chi connectivity index (χ0n) is 21.6. The number of hydrogen-bond acceptors (Lipinski definition) is 7. The molecule has 0 aliphatic rings. The summed E-state index contributed by atoms with van der Waals surface area (Å²) in [6.07, 6.45) is 1.20. The van der Waals surface area contributed by atoms with Gasteiger partial charge in [-0.25, -0.2) is 19.2 Å². The quantitative estimate of drug-likeness (QED) is 0.145. The fourth-order valence-electron chi connectivity index (χ4n) is 4.03. The minimum atomic E-state index is -2.07. The van der Waals surface area contributed by atoms with E-state index < -0.39 is 40.5 Å². The molecular formula is C28H42O9Si2. The van der Waals surface area contributed by atoms with Crippen molar-refractivity contribution in [3.8, 4) is 0 Å². The van der Waals surface area contributed by atoms with E-state index in [0.717, 1.165) is 12.1 Å². The van der Waals surface area contributed by atoms with E-state index in [4.69, 9.17) is 13.6 Å². The summed E-state index contributed by atoms with van der Waals surface area (Å²) in [6.45, 7) is 8.75. The first-order chi connectivity index (χ1) is 17.3. The molecule has 0 atom stereocenters. The van der Waals surface area contributed by atoms with E-state index in [9.17, 15) is 29.4 Å². The maximum atomic E-state index is 12.3. The van der Waals surface area contributed by atoms with Crippen molar-refractivity contribution in [3.63, 3.8) is 0 Å². The lowest BCUT2D eigenvalue weighted by atomic mass is 10.1. The molecule has 0 aliphatic carbocycles. The Hall–Kier alpha value is -3.29. The Bertz CT molecular complexity index is 1040. The second kappa shape index (κ2) is 16.0. The number of carboxylic acid groups (broad SMARTS) is 2. The van der Waals surface area contributed by atoms with Gasteiger partial charge in [-0.3, -0.25) is 0 Å². The number of carboxylic acids is 2. The number of aromatic carboxylic acids is 2. The van der Waals surface area contributed by atoms with Gasteiger partial charge >= 0.3 is 23.9 Å². The summed E-state index contributed by atoms with van der Waals surface area (Å²) in [5.74, 6) is -3.68. The molecule has 11 heteroatoms. The van der Waals surface area contributed by atoms with Crippen molar-refractivity contribution in [1.82, 2.24) is 0 Å². The highest BCUT2D eigenvalue weighted by Crippen LogP contribution is 2.24. The second-order valence-corrected chi connectivity index (χ2v) is 18.7. The number of carbonyl (C=O) groups is 4. The first kappa shape index (κ1) is 35.7. The highest BCUT2D eigenvalue weighted by atomic mass is 28.4. The van der Waals surface area contributed by atoms with E-state index in [-0.39, 0.29) is 50.3 Å². The van der Waals surface area contributed by atoms with Crippen molar-refractivity contribution in [3.05, 3.63) is 70.8 Å². The molecule has 0 heterocycles. The summed E-state index contributed by atoms with van der Waals surface area (Å²) < 4.78 is 17.1. The fraction of sp³-hybridized carbons (Fsp3) is 0.429. The summed E-state index contributed by atoms with van der Waals surface area (Å²) in [5.41, 5.74) is -0.114. The maximum absolute atomic E-state index is 12.3. The average molecular weight is 579 g/mol. The van der Waals surface area contributed by atoms with Crippen LogP contribution < -0.4 is 0 Å². The molecule has 0 saturated carbocycles. The third-order valence-electron chi connectivity index (χ3n) is 5.62. The third-order valence-corrected chi connectivity index (χ3v) is 13.2. The Morgan fingerprint density at radius 1 is 0.615 bits per heavy atom. The Kier molecular flexibility index (Phi) is 14.6. The first-order valence-electron chi connectivity index (χ1n) is 12.0. The molecule has 0 amide bonds. The standard InChI is InChI=1S/C26H34O9Si2.2CH4/c1-36(2,17-9-15-33-25(31)21-13-7-5-11-19(21)23(27)28)35-37(3,4)18-10-16-34-26(32)22-14-8-6-12-20(22)24(29)30;;/h5-8,11-14H,9-10,15-18H2,1-4H3,(H,27,28)(H,29,30);2*1H4. The van der Waals surface area contributed by atoms with E-state index in [1.165, 1.54) is 24.3 Å². The van der Waals surface area contributed by atoms with Gasteiger partial charge in [0, 0.05) is 0 Å². The van der Waals surface area contributed by atoms with Crippen LogP contribution >= 0.6 is 0 Å². The minimum Gasteiger partial charge on any atom is -0.478 e. The summed E-state index contributed by atoms with van der Waals surface area (Å²) in [6, 6.07) is 13.4. The van der Waals surface area contributed by atoms with Gasteiger partial charge in [-0.15, -0.1) is 0 Å². The Morgan fingerprint density at radius 2 is 0.923 bits per heavy atom. The van der Waals surface area contributed by atoms with Crippen molar-refractivity contribution >= 4 is 40.5 Å². The number of ether oxygens (including phenoxy) is 2. The molecule has 2 N–H and O–H groups in total. The van der Waals surface area contributed by atoms with Crippen LogP contribution in [-0.4, -0.2) is 63.9 Å². The zero-order chi connectivity index (χ0) is 27.6. The van der Waals surface area contributed by atoms with Crippen LogP contribution in [0.1, 0.15) is 69.1 Å². The number of carbonyl (C=O) groups excluding carboxylic acids is 2. The van der Waals surface area contributed by atoms with Crippen molar-refractivity contribution in [2.24, 2.45) is 0 Å². The summed E-state index contributed by atoms with van der Waals surface area (Å²) in [4.78, 5) is 47.2. The summed E-state index contributed by atoms with van der Waals surface area (Å²) in [5, 5.41) is 18.5. The SMILES string of the molecule is C.C.C[Si](C)(CCCOC(=O)c1ccccc1C(=O)O)O[Si](C)(C)CCCOC(=O)c1ccccc1C(=O)O. The van der Waals surface area contributed by atoms with Gasteiger partial charge < -0.3 is 23.8 Å². The lowest BCUT2D eigenvalue weighted by Gasteiger charge is -2.34. The van der Waals surface area contributed by atoms with E-state index in [0.29, 0.717) is 12.8 Å². The van der Waals surface area contributed by atoms with Gasteiger partial charge in [0.1, 0.15) is 0 Å². The molecule has 9 nitrogen and oxygen atoms in total. The summed E-state index contributed by atoms with van der Waals surface area (Å²) >= 11 is 0. The van der Waals surface area contributed by atoms with Crippen LogP contribution in [0.3, 0.4) is 0 Å². The van der Waals surface area contributed by atoms with Crippen LogP contribution in [0, 0.1) is 0 Å². The number of benzene rings is 2. The highest BCUT2D eigenvalue weighted by molar-refractivity contribution is 6.84. The van der Waals surface area contributed by atoms with Crippen molar-refractivity contribution in [2.75, 3.05) is 13.2 Å². The minimum absolute atomic E-state index is 0. The predicted octanol–water partition coefficient (Wildman–Crippen LogP) is 6.58. The smallest absolute Gasteiger partial charge is 0.339 e. The molecule has 0 aliphatic heterocycles. The van der Waals surface area contributed by atoms with Crippen LogP contribution in [-0.2, 0) is 13.6 Å². The van der Waals surface area contributed by atoms with Crippen LogP contribution in [0.15, 0.2) is 48.5 Å². The Labute approximate surface area is 233 Å². The van der Waals surface area contributed by atoms with Crippen molar-refractivity contribution in [2.45, 2.75) is 66.0 Å². The van der Waals surface area contributed by atoms with Crippen molar-refractivity contribution in [1.29, 1.82) is 0 Å². The van der Waals surface area contributed by atoms with Crippen LogP contribution in [0.25, 0.3) is 0 Å². The molecule has 0 radical (unpaired) electrons. The highest BCUT2D eigenvalue weighted by Gasteiger charge is 2.32. The summed E-state index contributed by atoms with van der Waals surface area (Å²) in [7, 11) is -4.14. The zero-order valence-corrected chi connectivity index (χ0v) is 23.6. The Balaban J connectivity index is 0.00000722. The molecular weight excluding hydrogens is 536 g/mol. The molecule has 0 spiro atoms. The molecule has 216 valence electrons. The Morgan fingerprint density at radius 3 is 1.23 bits per heavy atom. The molecule has 0 unspecified atom stereocenters. The average Bonchev–Trinajstić information content (AvgIpc) is 2.83. The van der Waals surface area contributed by atoms with Gasteiger partial charge in [0.25, 0.3) is 0 Å². The number of esters is 2. The molecule has 2 aromatic rings. The van der Waals surface area contributed by atoms with Crippen LogP contribution in [0.5, 0.6) is 0 Å².